The van der Waals surface area contributed by atoms with Gasteiger partial charge in [-0.25, -0.2) is 13.7 Å². The Morgan fingerprint density at radius 1 is 1.16 bits per heavy atom. The second-order valence-corrected chi connectivity index (χ2v) is 23.6. The van der Waals surface area contributed by atoms with E-state index >= 15 is 0 Å². The zero-order valence-electron chi connectivity index (χ0n) is 31.2. The van der Waals surface area contributed by atoms with E-state index in [0.29, 0.717) is 19.0 Å². The van der Waals surface area contributed by atoms with E-state index < -0.39 is 63.5 Å². The number of hydrogen-bond donors (Lipinski definition) is 6. The van der Waals surface area contributed by atoms with E-state index in [4.69, 9.17) is 45.4 Å². The summed E-state index contributed by atoms with van der Waals surface area (Å²) in [5, 5.41) is 0.0996. The quantitative estimate of drug-likeness (QED) is 0.0246. The van der Waals surface area contributed by atoms with Crippen LogP contribution in [0.15, 0.2) is 11.0 Å². The van der Waals surface area contributed by atoms with Crippen LogP contribution in [0.2, 0.25) is 0 Å². The molecule has 0 aromatic carbocycles. The van der Waals surface area contributed by atoms with Crippen molar-refractivity contribution in [1.82, 2.24) is 14.5 Å². The van der Waals surface area contributed by atoms with Gasteiger partial charge in [-0.3, -0.25) is 19.1 Å². The molecule has 2 aromatic heterocycles. The number of aromatic nitrogens is 3. The van der Waals surface area contributed by atoms with Gasteiger partial charge in [0.2, 0.25) is 5.95 Å². The van der Waals surface area contributed by atoms with Gasteiger partial charge >= 0.3 is 23.5 Å². The molecule has 56 heavy (non-hydrogen) atoms. The summed E-state index contributed by atoms with van der Waals surface area (Å²) < 4.78 is 66.8. The molecule has 1 saturated heterocycles. The van der Waals surface area contributed by atoms with E-state index in [1.54, 1.807) is 17.0 Å². The number of ether oxygens (including phenoxy) is 3. The summed E-state index contributed by atoms with van der Waals surface area (Å²) in [7, 11) is -13.9. The molecule has 1 fully saturated rings. The van der Waals surface area contributed by atoms with Crippen LogP contribution in [0.4, 0.5) is 5.95 Å². The lowest BCUT2D eigenvalue weighted by Gasteiger charge is -2.21. The van der Waals surface area contributed by atoms with Crippen molar-refractivity contribution in [1.29, 1.82) is 0 Å². The number of carbonyl (C=O) groups is 1. The summed E-state index contributed by atoms with van der Waals surface area (Å²) in [6.07, 6.45) is 6.03. The predicted molar refractivity (Wildman–Crippen MR) is 218 cm³/mol. The first-order valence-corrected chi connectivity index (χ1v) is 26.8. The Labute approximate surface area is 339 Å². The van der Waals surface area contributed by atoms with Gasteiger partial charge in [0, 0.05) is 43.2 Å². The molecule has 3 rings (SSSR count). The number of ketones is 1. The molecule has 0 aliphatic carbocycles. The zero-order chi connectivity index (χ0) is 41.7. The molecule has 2 aromatic rings. The highest BCUT2D eigenvalue weighted by Gasteiger charge is 2.44. The number of Topliss-reactive ketones (excluding diaryl/α,β-unsaturated/α-hetero) is 1. The lowest BCUT2D eigenvalue weighted by Crippen LogP contribution is -2.29. The van der Waals surface area contributed by atoms with Gasteiger partial charge in [0.25, 0.3) is 5.56 Å². The van der Waals surface area contributed by atoms with Crippen LogP contribution in [-0.4, -0.2) is 88.2 Å². The number of rotatable bonds is 25. The fourth-order valence-electron chi connectivity index (χ4n) is 5.04. The SMILES string of the molecule is CCC(C)(C)SSCOCCCCCCC(=O)CCC#Cc1cn([C@H]2C[C@H](OCS(C)=S)[C@@H](COP(=O)(O)OP(=O)(O)OP(=O)(O)O)O2)c2nc(N)[nH]c(=O)c12. The molecule has 3 unspecified atom stereocenters. The van der Waals surface area contributed by atoms with E-state index in [2.05, 4.69) is 51.2 Å². The molecule has 0 amide bonds. The van der Waals surface area contributed by atoms with Crippen molar-refractivity contribution < 1.29 is 65.4 Å². The second-order valence-electron chi connectivity index (χ2n) is 13.1. The number of nitrogens with one attached hydrogen (secondary N) is 1. The van der Waals surface area contributed by atoms with Gasteiger partial charge in [-0.05, 0) is 50.6 Å². The van der Waals surface area contributed by atoms with Gasteiger partial charge in [-0.2, -0.15) is 13.6 Å². The Hall–Kier alpha value is -0.990. The smallest absolute Gasteiger partial charge is 0.370 e. The number of carbonyl (C=O) groups excluding carboxylic acids is 1. The number of unbranched alkanes of at least 4 members (excludes halogenated alkanes) is 3. The van der Waals surface area contributed by atoms with Crippen molar-refractivity contribution in [2.45, 2.75) is 102 Å². The number of anilines is 1. The number of aromatic amines is 1. The first-order valence-electron chi connectivity index (χ1n) is 17.2. The van der Waals surface area contributed by atoms with Crippen LogP contribution in [0, 0.1) is 11.8 Å². The lowest BCUT2D eigenvalue weighted by atomic mass is 10.1. The number of fused-ring (bicyclic) bond motifs is 1. The summed E-state index contributed by atoms with van der Waals surface area (Å²) in [5.74, 6) is 6.51. The highest BCUT2D eigenvalue weighted by Crippen LogP contribution is 2.66. The Bertz CT molecular complexity index is 1930. The van der Waals surface area contributed by atoms with E-state index in [9.17, 15) is 33.1 Å². The molecule has 3 heterocycles. The van der Waals surface area contributed by atoms with Crippen molar-refractivity contribution in [3.05, 3.63) is 22.1 Å². The minimum Gasteiger partial charge on any atom is -0.370 e. The van der Waals surface area contributed by atoms with Gasteiger partial charge in [-0.15, -0.1) is 0 Å². The number of nitrogen functional groups attached to an aromatic ring is 1. The van der Waals surface area contributed by atoms with E-state index in [-0.39, 0.29) is 58.3 Å². The first kappa shape index (κ1) is 49.4. The van der Waals surface area contributed by atoms with Crippen molar-refractivity contribution in [2.24, 2.45) is 0 Å². The summed E-state index contributed by atoms with van der Waals surface area (Å²) in [6, 6.07) is 0. The van der Waals surface area contributed by atoms with Gasteiger partial charge in [0.05, 0.1) is 29.6 Å². The topological polar surface area (TPSA) is 281 Å². The van der Waals surface area contributed by atoms with Crippen molar-refractivity contribution in [2.75, 3.05) is 37.1 Å². The maximum absolute atomic E-state index is 13.0. The molecule has 6 atom stereocenters. The Balaban J connectivity index is 1.61. The Kier molecular flexibility index (Phi) is 19.9. The molecule has 0 saturated carbocycles. The monoisotopic (exact) mass is 926 g/mol. The number of phosphoric acid groups is 3. The van der Waals surface area contributed by atoms with Crippen molar-refractivity contribution in [3.63, 3.8) is 0 Å². The fourth-order valence-corrected chi connectivity index (χ4v) is 10.9. The average molecular weight is 927 g/mol. The predicted octanol–water partition coefficient (Wildman–Crippen LogP) is 5.19. The van der Waals surface area contributed by atoms with Crippen molar-refractivity contribution in [3.8, 4) is 11.8 Å². The van der Waals surface area contributed by atoms with Crippen LogP contribution < -0.4 is 11.3 Å². The third-order valence-electron chi connectivity index (χ3n) is 7.97. The number of phosphoric ester groups is 1. The first-order chi connectivity index (χ1) is 26.1. The number of nitrogens with zero attached hydrogens (tertiary/aromatic N) is 2. The second kappa shape index (κ2) is 22.6. The van der Waals surface area contributed by atoms with Crippen LogP contribution in [-0.2, 0) is 66.5 Å². The molecule has 0 radical (unpaired) electrons. The van der Waals surface area contributed by atoms with Crippen molar-refractivity contribution >= 4 is 88.5 Å². The van der Waals surface area contributed by atoms with E-state index in [1.165, 1.54) is 10.8 Å². The van der Waals surface area contributed by atoms with Gasteiger partial charge in [-0.1, -0.05) is 62.6 Å². The summed E-state index contributed by atoms with van der Waals surface area (Å²) in [6.45, 7) is 6.51. The molecule has 318 valence electrons. The Morgan fingerprint density at radius 2 is 1.88 bits per heavy atom. The maximum atomic E-state index is 13.0. The van der Waals surface area contributed by atoms with Crippen LogP contribution in [0.25, 0.3) is 11.0 Å². The molecule has 7 N–H and O–H groups in total. The number of H-pyrrole nitrogens is 1. The molecule has 0 spiro atoms. The Morgan fingerprint density at radius 3 is 2.55 bits per heavy atom. The van der Waals surface area contributed by atoms with Crippen LogP contribution >= 0.6 is 45.1 Å². The third kappa shape index (κ3) is 17.7. The zero-order valence-corrected chi connectivity index (χ0v) is 37.2. The molecular formula is C30H49N4O15P3S4. The summed E-state index contributed by atoms with van der Waals surface area (Å²) >= 11 is 5.21. The minimum atomic E-state index is -5.75. The summed E-state index contributed by atoms with van der Waals surface area (Å²) in [4.78, 5) is 69.3. The van der Waals surface area contributed by atoms with Gasteiger partial charge in [0.15, 0.2) is 5.65 Å². The minimum absolute atomic E-state index is 0.0687. The van der Waals surface area contributed by atoms with E-state index in [0.717, 1.165) is 32.1 Å². The van der Waals surface area contributed by atoms with E-state index in [1.807, 2.05) is 10.8 Å². The molecule has 1 aliphatic heterocycles. The molecule has 19 nitrogen and oxygen atoms in total. The molecule has 26 heteroatoms. The third-order valence-corrected chi connectivity index (χ3v) is 15.6. The number of hydrogen-bond acceptors (Lipinski definition) is 16. The summed E-state index contributed by atoms with van der Waals surface area (Å²) in [5.41, 5.74) is 5.65. The maximum Gasteiger partial charge on any atom is 0.490 e. The van der Waals surface area contributed by atoms with Crippen LogP contribution in [0.1, 0.15) is 90.3 Å². The standard InChI is InChI=1S/C30H49N4O15P3S4/c1-5-30(2,3)55-54-19-44-15-11-7-6-8-13-22(35)14-10-9-12-21-17-34(27-26(21)28(36)33-29(31)32-27)25-16-23(45-20-56(4)53)24(47-25)18-46-51(40,41)49-52(42,43)48-50(37,38)39/h17,23-25H,5-8,10-11,13-16,18-20H2,1-4H3,(H,40,41)(H,42,43)(H2,37,38,39)(H3,31,32,33,36)/t23-,24+,25+,56?/m0/s1. The molecule has 0 bridgehead atoms. The van der Waals surface area contributed by atoms with Gasteiger partial charge < -0.3 is 44.1 Å². The van der Waals surface area contributed by atoms with Crippen LogP contribution in [0.3, 0.4) is 0 Å². The van der Waals surface area contributed by atoms with Gasteiger partial charge in [0.1, 0.15) is 24.1 Å². The average Bonchev–Trinajstić information content (AvgIpc) is 3.65. The highest BCUT2D eigenvalue weighted by atomic mass is 33.1. The largest absolute Gasteiger partial charge is 0.490 e. The molecular weight excluding hydrogens is 878 g/mol. The highest BCUT2D eigenvalue weighted by molar-refractivity contribution is 8.77. The van der Waals surface area contributed by atoms with Crippen LogP contribution in [0.5, 0.6) is 0 Å². The fraction of sp³-hybridized carbons (Fsp3) is 0.700. The normalized spacial score (nSPS) is 20.3. The molecule has 1 aliphatic rings. The number of nitrogens with two attached hydrogens (primary N) is 1. The lowest BCUT2D eigenvalue weighted by molar-refractivity contribution is -0.119.